The first-order valence-corrected chi connectivity index (χ1v) is 30.2. The molecule has 416 valence electrons. The van der Waals surface area contributed by atoms with Crippen molar-refractivity contribution in [1.82, 2.24) is 0 Å². The van der Waals surface area contributed by atoms with Gasteiger partial charge in [0.15, 0.2) is 6.10 Å². The predicted octanol–water partition coefficient (Wildman–Crippen LogP) is 17.7. The van der Waals surface area contributed by atoms with E-state index < -0.39 is 24.3 Å². The number of carbonyl (C=O) groups is 3. The van der Waals surface area contributed by atoms with Gasteiger partial charge in [0.2, 0.25) is 0 Å². The molecule has 0 rings (SSSR count). The number of ether oxygens (including phenoxy) is 4. The molecule has 0 fully saturated rings. The van der Waals surface area contributed by atoms with Gasteiger partial charge in [-0.25, -0.2) is 4.79 Å². The van der Waals surface area contributed by atoms with Gasteiger partial charge in [-0.2, -0.15) is 0 Å². The molecule has 0 aliphatic heterocycles. The van der Waals surface area contributed by atoms with Gasteiger partial charge in [0.1, 0.15) is 13.2 Å². The van der Waals surface area contributed by atoms with Crippen LogP contribution in [0.4, 0.5) is 0 Å². The number of likely N-dealkylation sites (N-methyl/N-ethyl adjacent to an activating group) is 1. The minimum atomic E-state index is -1.51. The maximum atomic E-state index is 12.9. The number of carbonyl (C=O) groups excluding carboxylic acids is 2. The summed E-state index contributed by atoms with van der Waals surface area (Å²) in [6.07, 6.45) is 62.3. The highest BCUT2D eigenvalue weighted by atomic mass is 16.7. The summed E-state index contributed by atoms with van der Waals surface area (Å²) in [6.45, 7) is 4.89. The summed E-state index contributed by atoms with van der Waals surface area (Å²) in [5.41, 5.74) is 0. The Morgan fingerprint density at radius 3 is 1.15 bits per heavy atom. The van der Waals surface area contributed by atoms with Crippen LogP contribution in [0.2, 0.25) is 0 Å². The Hall–Kier alpha value is -2.49. The van der Waals surface area contributed by atoms with E-state index in [1.807, 2.05) is 21.1 Å². The van der Waals surface area contributed by atoms with Crippen LogP contribution in [0.1, 0.15) is 284 Å². The summed E-state index contributed by atoms with van der Waals surface area (Å²) in [5.74, 6) is -2.00. The van der Waals surface area contributed by atoms with E-state index >= 15 is 0 Å². The van der Waals surface area contributed by atoms with Crippen molar-refractivity contribution in [2.75, 3.05) is 47.5 Å². The molecule has 0 saturated heterocycles. The van der Waals surface area contributed by atoms with Crippen LogP contribution < -0.4 is 0 Å². The number of allylic oxidation sites excluding steroid dienone is 6. The van der Waals surface area contributed by atoms with Gasteiger partial charge in [-0.05, 0) is 70.6 Å². The van der Waals surface area contributed by atoms with Crippen LogP contribution in [-0.4, -0.2) is 87.4 Å². The van der Waals surface area contributed by atoms with E-state index in [4.69, 9.17) is 18.9 Å². The maximum Gasteiger partial charge on any atom is 0.361 e. The van der Waals surface area contributed by atoms with Crippen LogP contribution in [0.15, 0.2) is 36.5 Å². The molecule has 0 saturated carbocycles. The number of hydrogen-bond acceptors (Lipinski definition) is 7. The second-order valence-electron chi connectivity index (χ2n) is 21.7. The van der Waals surface area contributed by atoms with Crippen LogP contribution in [0, 0.1) is 0 Å². The van der Waals surface area contributed by atoms with Crippen molar-refractivity contribution in [3.63, 3.8) is 0 Å². The smallest absolute Gasteiger partial charge is 0.361 e. The largest absolute Gasteiger partial charge is 0.477 e. The number of hydrogen-bond donors (Lipinski definition) is 1. The molecule has 0 aromatic rings. The molecule has 0 amide bonds. The van der Waals surface area contributed by atoms with Crippen molar-refractivity contribution in [2.24, 2.45) is 0 Å². The molecule has 2 unspecified atom stereocenters. The fourth-order valence-electron chi connectivity index (χ4n) is 8.69. The number of esters is 2. The Bertz CT molecular complexity index is 1260. The molecule has 0 heterocycles. The minimum Gasteiger partial charge on any atom is -0.477 e. The molecule has 0 aromatic carbocycles. The summed E-state index contributed by atoms with van der Waals surface area (Å²) >= 11 is 0. The predicted molar refractivity (Wildman–Crippen MR) is 300 cm³/mol. The Morgan fingerprint density at radius 2 is 0.761 bits per heavy atom. The number of unbranched alkanes of at least 4 members (excludes halogenated alkanes) is 35. The third-order valence-electron chi connectivity index (χ3n) is 13.4. The highest BCUT2D eigenvalue weighted by Crippen LogP contribution is 2.17. The zero-order valence-corrected chi connectivity index (χ0v) is 47.4. The lowest BCUT2D eigenvalue weighted by atomic mass is 10.0. The molecular weight excluding hydrogens is 887 g/mol. The van der Waals surface area contributed by atoms with Gasteiger partial charge in [0, 0.05) is 12.8 Å². The quantitative estimate of drug-likeness (QED) is 0.0211. The molecule has 1 N–H and O–H groups in total. The number of nitrogens with zero attached hydrogens (tertiary/aromatic N) is 1. The lowest BCUT2D eigenvalue weighted by Gasteiger charge is -2.25. The molecule has 0 spiro atoms. The summed E-state index contributed by atoms with van der Waals surface area (Å²) in [5, 5.41) is 9.70. The third-order valence-corrected chi connectivity index (χ3v) is 13.4. The first kappa shape index (κ1) is 68.5. The lowest BCUT2D eigenvalue weighted by molar-refractivity contribution is -0.870. The molecule has 9 nitrogen and oxygen atoms in total. The van der Waals surface area contributed by atoms with Crippen LogP contribution in [0.5, 0.6) is 0 Å². The zero-order chi connectivity index (χ0) is 52.0. The molecular formula is C62H116NO8+. The van der Waals surface area contributed by atoms with Gasteiger partial charge in [0.05, 0.1) is 34.4 Å². The second kappa shape index (κ2) is 53.8. The minimum absolute atomic E-state index is 0.181. The Morgan fingerprint density at radius 1 is 0.423 bits per heavy atom. The summed E-state index contributed by atoms with van der Waals surface area (Å²) in [4.78, 5) is 37.4. The third kappa shape index (κ3) is 55.1. The van der Waals surface area contributed by atoms with Crippen LogP contribution >= 0.6 is 0 Å². The SMILES string of the molecule is CCCCC/C=C\C/C=C\CCCCCCCCCCCC(=O)OC(COC(=O)CCCCCCCCCCCCCCCCC/C=C\CCCCCCCCCC)COC(OCC[N+](C)(C)C)C(=O)O. The van der Waals surface area contributed by atoms with Crippen molar-refractivity contribution >= 4 is 17.9 Å². The first-order valence-electron chi connectivity index (χ1n) is 30.2. The fraction of sp³-hybridized carbons (Fsp3) is 0.855. The molecule has 71 heavy (non-hydrogen) atoms. The average Bonchev–Trinajstić information content (AvgIpc) is 3.34. The molecule has 0 aliphatic rings. The monoisotopic (exact) mass is 1000 g/mol. The molecule has 9 heteroatoms. The number of carboxylic acids is 1. The van der Waals surface area contributed by atoms with Crippen LogP contribution in [0.3, 0.4) is 0 Å². The summed E-state index contributed by atoms with van der Waals surface area (Å²) < 4.78 is 22.9. The van der Waals surface area contributed by atoms with Gasteiger partial charge in [-0.1, -0.05) is 237 Å². The topological polar surface area (TPSA) is 108 Å². The van der Waals surface area contributed by atoms with Crippen molar-refractivity contribution in [2.45, 2.75) is 296 Å². The van der Waals surface area contributed by atoms with E-state index in [0.29, 0.717) is 17.4 Å². The lowest BCUT2D eigenvalue weighted by Crippen LogP contribution is -2.40. The Labute approximate surface area is 439 Å². The standard InChI is InChI=1S/C62H115NO8/c1-6-8-10-12-14-16-18-20-22-24-26-27-28-29-30-31-32-33-35-36-38-40-42-44-46-48-50-52-59(64)69-56-58(57-70-62(61(66)67)68-55-54-63(3,4)5)71-60(65)53-51-49-47-45-43-41-39-37-34-25-23-21-19-17-15-13-11-9-7-2/h15,17,21,23-24,26,58,62H,6-14,16,18-20,22,25,27-57H2,1-5H3/p+1/b17-15-,23-21-,26-24-. The highest BCUT2D eigenvalue weighted by molar-refractivity contribution is 5.71. The number of quaternary nitrogens is 1. The molecule has 2 atom stereocenters. The first-order chi connectivity index (χ1) is 34.6. The van der Waals surface area contributed by atoms with E-state index in [0.717, 1.165) is 51.4 Å². The Kier molecular flexibility index (Phi) is 51.9. The maximum absolute atomic E-state index is 12.9. The number of rotatable bonds is 56. The highest BCUT2D eigenvalue weighted by Gasteiger charge is 2.25. The van der Waals surface area contributed by atoms with Gasteiger partial charge >= 0.3 is 17.9 Å². The van der Waals surface area contributed by atoms with E-state index in [2.05, 4.69) is 50.3 Å². The van der Waals surface area contributed by atoms with Crippen LogP contribution in [0.25, 0.3) is 0 Å². The van der Waals surface area contributed by atoms with Gasteiger partial charge < -0.3 is 28.5 Å². The van der Waals surface area contributed by atoms with Crippen molar-refractivity contribution in [3.8, 4) is 0 Å². The van der Waals surface area contributed by atoms with Crippen molar-refractivity contribution < 1.29 is 42.9 Å². The molecule has 0 bridgehead atoms. The van der Waals surface area contributed by atoms with Crippen molar-refractivity contribution in [3.05, 3.63) is 36.5 Å². The van der Waals surface area contributed by atoms with E-state index in [1.165, 1.54) is 205 Å². The number of carboxylic acid groups (broad SMARTS) is 1. The van der Waals surface area contributed by atoms with E-state index in [9.17, 15) is 19.5 Å². The van der Waals surface area contributed by atoms with Gasteiger partial charge in [0.25, 0.3) is 6.29 Å². The van der Waals surface area contributed by atoms with Crippen molar-refractivity contribution in [1.29, 1.82) is 0 Å². The average molecular weight is 1000 g/mol. The normalized spacial score (nSPS) is 13.0. The van der Waals surface area contributed by atoms with E-state index in [1.54, 1.807) is 0 Å². The summed E-state index contributed by atoms with van der Waals surface area (Å²) in [6, 6.07) is 0. The van der Waals surface area contributed by atoms with Gasteiger partial charge in [-0.3, -0.25) is 9.59 Å². The Balaban J connectivity index is 4.17. The van der Waals surface area contributed by atoms with Gasteiger partial charge in [-0.15, -0.1) is 0 Å². The van der Waals surface area contributed by atoms with Crippen LogP contribution in [-0.2, 0) is 33.3 Å². The molecule has 0 aromatic heterocycles. The molecule has 0 aliphatic carbocycles. The zero-order valence-electron chi connectivity index (χ0n) is 47.4. The molecule has 0 radical (unpaired) electrons. The summed E-state index contributed by atoms with van der Waals surface area (Å²) in [7, 11) is 5.97. The second-order valence-corrected chi connectivity index (χ2v) is 21.7. The number of aliphatic carboxylic acids is 1. The van der Waals surface area contributed by atoms with E-state index in [-0.39, 0.29) is 32.2 Å². The fourth-order valence-corrected chi connectivity index (χ4v) is 8.69.